The molecule has 39 heavy (non-hydrogen) atoms. The van der Waals surface area contributed by atoms with Gasteiger partial charge >= 0.3 is 0 Å². The molecule has 214 valence electrons. The van der Waals surface area contributed by atoms with Crippen molar-refractivity contribution in [2.75, 3.05) is 13.2 Å². The molecule has 3 aliphatic rings. The summed E-state index contributed by atoms with van der Waals surface area (Å²) >= 11 is 1.93. The minimum Gasteiger partial charge on any atom is -0.362 e. The molecular formula is C32H49N5OS. The van der Waals surface area contributed by atoms with Gasteiger partial charge in [-0.15, -0.1) is 0 Å². The zero-order chi connectivity index (χ0) is 27.4. The Balaban J connectivity index is 1.43. The first kappa shape index (κ1) is 29.0. The van der Waals surface area contributed by atoms with Crippen molar-refractivity contribution in [3.05, 3.63) is 65.0 Å². The van der Waals surface area contributed by atoms with Crippen molar-refractivity contribution in [1.29, 1.82) is 0 Å². The minimum atomic E-state index is -0.0207. The number of aromatic nitrogens is 1. The first-order valence-electron chi connectivity index (χ1n) is 15.0. The monoisotopic (exact) mass is 551 g/mol. The van der Waals surface area contributed by atoms with Crippen LogP contribution in [0.1, 0.15) is 87.7 Å². The van der Waals surface area contributed by atoms with E-state index in [9.17, 15) is 0 Å². The summed E-state index contributed by atoms with van der Waals surface area (Å²) in [5.74, 6) is 0.702. The standard InChI is InChI=1S/C32H49N5OS/c1-22-10-8-11-23(2)30(22)28-17-29-35-31(34-28)36-39-27-14-9-12-24(16-27)19-37(20-25-13-6-7-15-33-25)26(21-38-29)18-32(3,4)5/h6-8,10-11,13,15,24,26-29,31,34-36H,9,12,14,16-21H2,1-5H3/t24?,26-,27?,28?,29?,31?/m1/s1. The second kappa shape index (κ2) is 13.0. The van der Waals surface area contributed by atoms with Gasteiger partial charge in [0.25, 0.3) is 0 Å². The van der Waals surface area contributed by atoms with E-state index in [-0.39, 0.29) is 24.0 Å². The summed E-state index contributed by atoms with van der Waals surface area (Å²) in [5.41, 5.74) is 5.47. The highest BCUT2D eigenvalue weighted by Gasteiger charge is 2.35. The fraction of sp³-hybridized carbons (Fsp3) is 0.656. The maximum absolute atomic E-state index is 6.83. The van der Waals surface area contributed by atoms with E-state index >= 15 is 0 Å². The lowest BCUT2D eigenvalue weighted by atomic mass is 9.85. The predicted molar refractivity (Wildman–Crippen MR) is 162 cm³/mol. The number of rotatable bonds is 4. The molecule has 3 heterocycles. The summed E-state index contributed by atoms with van der Waals surface area (Å²) in [6.45, 7) is 14.3. The molecule has 3 fully saturated rings. The number of pyridine rings is 1. The third-order valence-corrected chi connectivity index (χ3v) is 9.72. The van der Waals surface area contributed by atoms with Gasteiger partial charge in [0.1, 0.15) is 12.5 Å². The normalized spacial score (nSPS) is 31.1. The van der Waals surface area contributed by atoms with Gasteiger partial charge in [0.05, 0.1) is 12.3 Å². The first-order chi connectivity index (χ1) is 18.7. The Morgan fingerprint density at radius 1 is 1.03 bits per heavy atom. The summed E-state index contributed by atoms with van der Waals surface area (Å²) in [6, 6.07) is 13.5. The zero-order valence-corrected chi connectivity index (χ0v) is 25.4. The molecule has 1 aromatic heterocycles. The Morgan fingerprint density at radius 3 is 2.59 bits per heavy atom. The third kappa shape index (κ3) is 8.05. The molecule has 4 bridgehead atoms. The van der Waals surface area contributed by atoms with Gasteiger partial charge in [-0.1, -0.05) is 63.4 Å². The maximum atomic E-state index is 6.83. The van der Waals surface area contributed by atoms with Crippen molar-refractivity contribution in [3.63, 3.8) is 0 Å². The van der Waals surface area contributed by atoms with E-state index in [1.807, 2.05) is 24.2 Å². The molecule has 3 N–H and O–H groups in total. The van der Waals surface area contributed by atoms with Crippen molar-refractivity contribution in [2.45, 2.75) is 110 Å². The average molecular weight is 552 g/mol. The maximum Gasteiger partial charge on any atom is 0.123 e. The van der Waals surface area contributed by atoms with E-state index in [1.165, 1.54) is 42.4 Å². The molecule has 0 spiro atoms. The smallest absolute Gasteiger partial charge is 0.123 e. The topological polar surface area (TPSA) is 61.5 Å². The molecule has 6 atom stereocenters. The second-order valence-corrected chi connectivity index (χ2v) is 14.4. The van der Waals surface area contributed by atoms with E-state index in [4.69, 9.17) is 9.72 Å². The molecule has 2 aliphatic heterocycles. The second-order valence-electron chi connectivity index (χ2n) is 13.2. The fourth-order valence-corrected chi connectivity index (χ4v) is 7.95. The summed E-state index contributed by atoms with van der Waals surface area (Å²) in [6.07, 6.45) is 9.08. The molecule has 5 rings (SSSR count). The lowest BCUT2D eigenvalue weighted by Gasteiger charge is -2.41. The van der Waals surface area contributed by atoms with Crippen LogP contribution in [0.3, 0.4) is 0 Å². The van der Waals surface area contributed by atoms with Crippen molar-refractivity contribution >= 4 is 11.9 Å². The van der Waals surface area contributed by atoms with E-state index < -0.39 is 0 Å². The van der Waals surface area contributed by atoms with Gasteiger partial charge < -0.3 is 4.74 Å². The minimum absolute atomic E-state index is 0.00423. The number of hydrogen-bond donors (Lipinski definition) is 3. The highest BCUT2D eigenvalue weighted by molar-refractivity contribution is 7.98. The Hall–Kier alpha value is -1.48. The highest BCUT2D eigenvalue weighted by Crippen LogP contribution is 2.35. The van der Waals surface area contributed by atoms with Gasteiger partial charge in [0.15, 0.2) is 0 Å². The molecule has 2 aromatic rings. The molecule has 5 unspecified atom stereocenters. The Bertz CT molecular complexity index is 1040. The number of fused-ring (bicyclic) bond motifs is 4. The first-order valence-corrected chi connectivity index (χ1v) is 15.9. The number of ether oxygens (including phenoxy) is 1. The van der Waals surface area contributed by atoms with Gasteiger partial charge in [-0.2, -0.15) is 0 Å². The number of aryl methyl sites for hydroxylation is 2. The molecule has 0 radical (unpaired) electrons. The molecule has 0 amide bonds. The van der Waals surface area contributed by atoms with Crippen LogP contribution < -0.4 is 15.4 Å². The molecule has 6 nitrogen and oxygen atoms in total. The van der Waals surface area contributed by atoms with E-state index in [2.05, 4.69) is 85.2 Å². The molecular weight excluding hydrogens is 502 g/mol. The van der Waals surface area contributed by atoms with Crippen LogP contribution in [0.25, 0.3) is 0 Å². The third-order valence-electron chi connectivity index (χ3n) is 8.59. The number of nitrogens with one attached hydrogen (secondary N) is 3. The summed E-state index contributed by atoms with van der Waals surface area (Å²) in [5, 5.41) is 8.26. The van der Waals surface area contributed by atoms with Crippen LogP contribution in [0.2, 0.25) is 0 Å². The van der Waals surface area contributed by atoms with Gasteiger partial charge in [0.2, 0.25) is 0 Å². The fourth-order valence-electron chi connectivity index (χ4n) is 6.83. The Labute approximate surface area is 240 Å². The van der Waals surface area contributed by atoms with Crippen LogP contribution in [-0.2, 0) is 11.3 Å². The van der Waals surface area contributed by atoms with E-state index in [0.29, 0.717) is 17.2 Å². The number of benzene rings is 1. The lowest BCUT2D eigenvalue weighted by Crippen LogP contribution is -2.61. The van der Waals surface area contributed by atoms with Crippen LogP contribution in [-0.4, -0.2) is 46.8 Å². The van der Waals surface area contributed by atoms with Gasteiger partial charge in [0, 0.05) is 43.0 Å². The molecule has 1 aliphatic carbocycles. The highest BCUT2D eigenvalue weighted by atomic mass is 32.2. The Morgan fingerprint density at radius 2 is 1.85 bits per heavy atom. The molecule has 1 aromatic carbocycles. The van der Waals surface area contributed by atoms with Crippen molar-refractivity contribution in [2.24, 2.45) is 11.3 Å². The van der Waals surface area contributed by atoms with Gasteiger partial charge in [-0.3, -0.25) is 20.5 Å². The van der Waals surface area contributed by atoms with Gasteiger partial charge in [-0.25, -0.2) is 4.72 Å². The molecule has 2 saturated heterocycles. The molecule has 7 heteroatoms. The molecule has 1 saturated carbocycles. The zero-order valence-electron chi connectivity index (χ0n) is 24.6. The van der Waals surface area contributed by atoms with Crippen LogP contribution >= 0.6 is 11.9 Å². The van der Waals surface area contributed by atoms with Crippen molar-refractivity contribution in [3.8, 4) is 0 Å². The van der Waals surface area contributed by atoms with Crippen molar-refractivity contribution in [1.82, 2.24) is 25.2 Å². The predicted octanol–water partition coefficient (Wildman–Crippen LogP) is 6.07. The quantitative estimate of drug-likeness (QED) is 0.399. The van der Waals surface area contributed by atoms with E-state index in [0.717, 1.165) is 38.2 Å². The van der Waals surface area contributed by atoms with Crippen LogP contribution in [0.15, 0.2) is 42.6 Å². The lowest BCUT2D eigenvalue weighted by molar-refractivity contribution is -0.0515. The number of hydrogen-bond acceptors (Lipinski definition) is 7. The SMILES string of the molecule is Cc1cccc(C)c1C1CC2NC(NSC3CCCC(C3)CN(Cc3ccccn3)[C@H](CC(C)(C)C)CO2)N1. The largest absolute Gasteiger partial charge is 0.362 e. The summed E-state index contributed by atoms with van der Waals surface area (Å²) < 4.78 is 10.6. The number of nitrogens with zero attached hydrogens (tertiary/aromatic N) is 2. The van der Waals surface area contributed by atoms with Crippen LogP contribution in [0, 0.1) is 25.2 Å². The average Bonchev–Trinajstić information content (AvgIpc) is 2.90. The van der Waals surface area contributed by atoms with Crippen molar-refractivity contribution < 1.29 is 4.74 Å². The Kier molecular flexibility index (Phi) is 9.68. The van der Waals surface area contributed by atoms with Gasteiger partial charge in [-0.05, 0) is 79.7 Å². The van der Waals surface area contributed by atoms with Crippen LogP contribution in [0.4, 0.5) is 0 Å². The van der Waals surface area contributed by atoms with E-state index in [1.54, 1.807) is 0 Å². The van der Waals surface area contributed by atoms with Crippen LogP contribution in [0.5, 0.6) is 0 Å². The summed E-state index contributed by atoms with van der Waals surface area (Å²) in [4.78, 5) is 7.43. The summed E-state index contributed by atoms with van der Waals surface area (Å²) in [7, 11) is 0.